The van der Waals surface area contributed by atoms with Crippen molar-refractivity contribution in [2.24, 2.45) is 0 Å². The molecule has 0 fully saturated rings. The van der Waals surface area contributed by atoms with E-state index in [1.54, 1.807) is 30.5 Å². The summed E-state index contributed by atoms with van der Waals surface area (Å²) in [6.45, 7) is 2.11. The van der Waals surface area contributed by atoms with Crippen LogP contribution in [0.2, 0.25) is 0 Å². The average Bonchev–Trinajstić information content (AvgIpc) is 2.84. The lowest BCUT2D eigenvalue weighted by Gasteiger charge is -2.22. The van der Waals surface area contributed by atoms with Gasteiger partial charge in [-0.15, -0.1) is 11.3 Å². The number of nitrogens with zero attached hydrogens (tertiary/aromatic N) is 1. The summed E-state index contributed by atoms with van der Waals surface area (Å²) >= 11 is 1.33. The fourth-order valence-electron chi connectivity index (χ4n) is 1.78. The molecule has 0 bridgehead atoms. The first kappa shape index (κ1) is 10.9. The van der Waals surface area contributed by atoms with E-state index in [4.69, 9.17) is 5.11 Å². The number of carbonyl (C=O) groups excluding carboxylic acids is 1. The summed E-state index contributed by atoms with van der Waals surface area (Å²) in [5, 5.41) is 10.9. The van der Waals surface area contributed by atoms with Crippen molar-refractivity contribution < 1.29 is 14.7 Å². The van der Waals surface area contributed by atoms with Crippen LogP contribution < -0.4 is 0 Å². The van der Waals surface area contributed by atoms with Crippen LogP contribution in [0.1, 0.15) is 16.6 Å². The molecule has 1 aromatic heterocycles. The molecule has 1 aliphatic rings. The minimum Gasteiger partial charge on any atom is -0.479 e. The van der Waals surface area contributed by atoms with Gasteiger partial charge in [-0.3, -0.25) is 4.79 Å². The van der Waals surface area contributed by atoms with Crippen molar-refractivity contribution in [1.82, 2.24) is 4.90 Å². The molecule has 2 heterocycles. The lowest BCUT2D eigenvalue weighted by atomic mass is 10.1. The lowest BCUT2D eigenvalue weighted by molar-refractivity contribution is -0.140. The highest BCUT2D eigenvalue weighted by Crippen LogP contribution is 2.22. The van der Waals surface area contributed by atoms with Gasteiger partial charge in [0.2, 0.25) is 0 Å². The molecule has 1 atom stereocenters. The largest absolute Gasteiger partial charge is 0.479 e. The molecule has 0 saturated heterocycles. The third-order valence-corrected chi connectivity index (χ3v) is 3.44. The number of hydrogen-bond donors (Lipinski definition) is 1. The van der Waals surface area contributed by atoms with E-state index in [2.05, 4.69) is 0 Å². The van der Waals surface area contributed by atoms with Crippen LogP contribution in [-0.2, 0) is 4.79 Å². The molecule has 5 heteroatoms. The van der Waals surface area contributed by atoms with E-state index in [1.807, 2.05) is 0 Å². The lowest BCUT2D eigenvalue weighted by Crippen LogP contribution is -2.41. The molecule has 0 saturated carbocycles. The normalized spacial score (nSPS) is 19.7. The molecule has 1 unspecified atom stereocenters. The van der Waals surface area contributed by atoms with E-state index in [0.29, 0.717) is 11.4 Å². The minimum absolute atomic E-state index is 0.212. The maximum absolute atomic E-state index is 12.0. The second-order valence-corrected chi connectivity index (χ2v) is 4.57. The molecule has 4 nitrogen and oxygen atoms in total. The van der Waals surface area contributed by atoms with Gasteiger partial charge in [0.05, 0.1) is 4.88 Å². The molecule has 1 amide bonds. The van der Waals surface area contributed by atoms with Gasteiger partial charge in [-0.1, -0.05) is 12.1 Å². The van der Waals surface area contributed by atoms with E-state index in [-0.39, 0.29) is 5.91 Å². The summed E-state index contributed by atoms with van der Waals surface area (Å²) in [6.07, 6.45) is 1.78. The van der Waals surface area contributed by atoms with Crippen LogP contribution in [0.3, 0.4) is 0 Å². The van der Waals surface area contributed by atoms with Crippen LogP contribution in [-0.4, -0.2) is 34.5 Å². The van der Waals surface area contributed by atoms with E-state index < -0.39 is 12.0 Å². The van der Waals surface area contributed by atoms with Gasteiger partial charge < -0.3 is 10.0 Å². The fourth-order valence-corrected chi connectivity index (χ4v) is 2.45. The predicted octanol–water partition coefficient (Wildman–Crippen LogP) is 1.60. The van der Waals surface area contributed by atoms with Gasteiger partial charge in [0.1, 0.15) is 0 Å². The average molecular weight is 237 g/mol. The van der Waals surface area contributed by atoms with Crippen molar-refractivity contribution in [1.29, 1.82) is 0 Å². The summed E-state index contributed by atoms with van der Waals surface area (Å²) < 4.78 is 0. The zero-order valence-corrected chi connectivity index (χ0v) is 9.53. The molecule has 0 radical (unpaired) electrons. The van der Waals surface area contributed by atoms with Crippen molar-refractivity contribution in [3.63, 3.8) is 0 Å². The van der Waals surface area contributed by atoms with Crippen LogP contribution in [0.4, 0.5) is 0 Å². The molecule has 84 valence electrons. The topological polar surface area (TPSA) is 57.6 Å². The van der Waals surface area contributed by atoms with E-state index in [9.17, 15) is 9.59 Å². The molecule has 16 heavy (non-hydrogen) atoms. The van der Waals surface area contributed by atoms with Crippen molar-refractivity contribution in [2.45, 2.75) is 13.0 Å². The van der Waals surface area contributed by atoms with Crippen molar-refractivity contribution in [2.75, 3.05) is 6.54 Å². The third-order valence-electron chi connectivity index (χ3n) is 2.58. The summed E-state index contributed by atoms with van der Waals surface area (Å²) in [6, 6.07) is 2.68. The highest BCUT2D eigenvalue weighted by atomic mass is 32.1. The van der Waals surface area contributed by atoms with Gasteiger partial charge >= 0.3 is 5.97 Å². The Labute approximate surface area is 96.8 Å². The highest BCUT2D eigenvalue weighted by molar-refractivity contribution is 7.12. The Morgan fingerprint density at radius 1 is 1.56 bits per heavy atom. The smallest absolute Gasteiger partial charge is 0.330 e. The molecule has 0 spiro atoms. The third kappa shape index (κ3) is 1.74. The van der Waals surface area contributed by atoms with Crippen molar-refractivity contribution in [3.8, 4) is 0 Å². The summed E-state index contributed by atoms with van der Waals surface area (Å²) in [4.78, 5) is 25.0. The molecular formula is C11H11NO3S. The SMILES string of the molecule is CC1=CCN(C(=O)c2cccs2)C1C(=O)O. The number of carboxylic acids is 1. The number of carboxylic acid groups (broad SMARTS) is 1. The summed E-state index contributed by atoms with van der Waals surface area (Å²) in [5.41, 5.74) is 0.720. The standard InChI is InChI=1S/C11H11NO3S/c1-7-4-5-12(9(7)11(14)15)10(13)8-3-2-6-16-8/h2-4,6,9H,5H2,1H3,(H,14,15). The zero-order chi connectivity index (χ0) is 11.7. The predicted molar refractivity (Wildman–Crippen MR) is 60.5 cm³/mol. The number of amides is 1. The van der Waals surface area contributed by atoms with Crippen LogP contribution in [0.25, 0.3) is 0 Å². The first-order valence-electron chi connectivity index (χ1n) is 4.85. The minimum atomic E-state index is -0.976. The number of hydrogen-bond acceptors (Lipinski definition) is 3. The Morgan fingerprint density at radius 3 is 2.88 bits per heavy atom. The molecule has 1 N–H and O–H groups in total. The van der Waals surface area contributed by atoms with Crippen molar-refractivity contribution in [3.05, 3.63) is 34.0 Å². The maximum Gasteiger partial charge on any atom is 0.330 e. The van der Waals surface area contributed by atoms with Gasteiger partial charge in [-0.05, 0) is 23.9 Å². The van der Waals surface area contributed by atoms with Crippen LogP contribution in [0.5, 0.6) is 0 Å². The summed E-state index contributed by atoms with van der Waals surface area (Å²) in [5.74, 6) is -1.19. The van der Waals surface area contributed by atoms with E-state index in [0.717, 1.165) is 5.57 Å². The Balaban J connectivity index is 2.23. The van der Waals surface area contributed by atoms with Gasteiger partial charge in [-0.2, -0.15) is 0 Å². The van der Waals surface area contributed by atoms with E-state index in [1.165, 1.54) is 16.2 Å². The number of aliphatic carboxylic acids is 1. The molecule has 1 aliphatic heterocycles. The van der Waals surface area contributed by atoms with Gasteiger partial charge in [0.15, 0.2) is 6.04 Å². The molecule has 2 rings (SSSR count). The van der Waals surface area contributed by atoms with Crippen LogP contribution in [0.15, 0.2) is 29.2 Å². The Kier molecular flexibility index (Phi) is 2.78. The monoisotopic (exact) mass is 237 g/mol. The quantitative estimate of drug-likeness (QED) is 0.795. The zero-order valence-electron chi connectivity index (χ0n) is 8.71. The molecule has 0 aromatic carbocycles. The summed E-state index contributed by atoms with van der Waals surface area (Å²) in [7, 11) is 0. The molecule has 0 aliphatic carbocycles. The number of thiophene rings is 1. The Hall–Kier alpha value is -1.62. The van der Waals surface area contributed by atoms with E-state index >= 15 is 0 Å². The van der Waals surface area contributed by atoms with Crippen molar-refractivity contribution >= 4 is 23.2 Å². The maximum atomic E-state index is 12.0. The van der Waals surface area contributed by atoms with Crippen LogP contribution in [0, 0.1) is 0 Å². The molecular weight excluding hydrogens is 226 g/mol. The second-order valence-electron chi connectivity index (χ2n) is 3.62. The first-order chi connectivity index (χ1) is 7.61. The second kappa shape index (κ2) is 4.09. The molecule has 1 aromatic rings. The van der Waals surface area contributed by atoms with Gasteiger partial charge in [0.25, 0.3) is 5.91 Å². The van der Waals surface area contributed by atoms with Gasteiger partial charge in [0, 0.05) is 6.54 Å². The Bertz CT molecular complexity index is 450. The first-order valence-corrected chi connectivity index (χ1v) is 5.73. The Morgan fingerprint density at radius 2 is 2.31 bits per heavy atom. The van der Waals surface area contributed by atoms with Gasteiger partial charge in [-0.25, -0.2) is 4.79 Å². The van der Waals surface area contributed by atoms with Crippen LogP contribution >= 0.6 is 11.3 Å². The highest BCUT2D eigenvalue weighted by Gasteiger charge is 2.34. The fraction of sp³-hybridized carbons (Fsp3) is 0.273. The number of rotatable bonds is 2. The number of carbonyl (C=O) groups is 2.